The van der Waals surface area contributed by atoms with Crippen LogP contribution in [-0.4, -0.2) is 78.7 Å². The molecule has 0 fully saturated rings. The second-order valence-electron chi connectivity index (χ2n) is 13.9. The lowest BCUT2D eigenvalue weighted by atomic mass is 10.1. The zero-order valence-electron chi connectivity index (χ0n) is 29.0. The number of benzene rings is 1. The van der Waals surface area contributed by atoms with E-state index in [-0.39, 0.29) is 5.56 Å². The molecule has 1 aromatic carbocycles. The van der Waals surface area contributed by atoms with Crippen molar-refractivity contribution in [2.75, 3.05) is 32.6 Å². The minimum absolute atomic E-state index is 0.126. The Labute approximate surface area is 282 Å². The molecule has 5 heterocycles. The van der Waals surface area contributed by atoms with E-state index in [4.69, 9.17) is 19.8 Å². The van der Waals surface area contributed by atoms with Gasteiger partial charge in [-0.25, -0.2) is 14.5 Å². The summed E-state index contributed by atoms with van der Waals surface area (Å²) in [5.74, 6) is 1.20. The Kier molecular flexibility index (Phi) is 9.62. The molecule has 0 aliphatic rings. The van der Waals surface area contributed by atoms with Crippen molar-refractivity contribution in [2.24, 2.45) is 0 Å². The Balaban J connectivity index is 1.41. The lowest BCUT2D eigenvalue weighted by Gasteiger charge is -2.20. The maximum absolute atomic E-state index is 14.0. The second-order valence-corrected chi connectivity index (χ2v) is 19.5. The fraction of sp³-hybridized carbons (Fsp3) is 0.400. The molecule has 1 N–H and O–H groups in total. The Bertz CT molecular complexity index is 2070. The van der Waals surface area contributed by atoms with E-state index < -0.39 is 14.1 Å². The number of aromatic nitrogens is 8. The Morgan fingerprint density at radius 3 is 2.60 bits per heavy atom. The van der Waals surface area contributed by atoms with E-state index in [2.05, 4.69) is 61.4 Å². The first kappa shape index (κ1) is 33.3. The first-order valence-electron chi connectivity index (χ1n) is 16.5. The smallest absolute Gasteiger partial charge is 0.282 e. The third-order valence-electron chi connectivity index (χ3n) is 8.49. The normalized spacial score (nSPS) is 12.8. The highest BCUT2D eigenvalue weighted by Gasteiger charge is 2.23. The van der Waals surface area contributed by atoms with Crippen LogP contribution in [0.4, 0.5) is 5.82 Å². The third-order valence-corrected chi connectivity index (χ3v) is 10.2. The van der Waals surface area contributed by atoms with Crippen molar-refractivity contribution < 1.29 is 4.74 Å². The topological polar surface area (TPSA) is 112 Å². The molecule has 0 amide bonds. The Hall–Kier alpha value is -4.59. The van der Waals surface area contributed by atoms with Crippen LogP contribution >= 0.6 is 0 Å². The largest absolute Gasteiger partial charge is 0.361 e. The first-order valence-corrected chi connectivity index (χ1v) is 20.2. The molecule has 0 radical (unpaired) electrons. The summed E-state index contributed by atoms with van der Waals surface area (Å²) in [6.07, 6.45) is 10.5. The summed E-state index contributed by atoms with van der Waals surface area (Å²) in [5, 5.41) is 14.1. The van der Waals surface area contributed by atoms with Gasteiger partial charge >= 0.3 is 0 Å². The van der Waals surface area contributed by atoms with Crippen LogP contribution in [0, 0.1) is 6.92 Å². The van der Waals surface area contributed by atoms with Crippen LogP contribution in [0.1, 0.15) is 30.8 Å². The fourth-order valence-corrected chi connectivity index (χ4v) is 6.63. The number of para-hydroxylation sites is 1. The molecule has 252 valence electrons. The lowest BCUT2D eigenvalue weighted by Crippen LogP contribution is -2.29. The molecule has 0 unspecified atom stereocenters. The van der Waals surface area contributed by atoms with Crippen molar-refractivity contribution >= 4 is 30.4 Å². The van der Waals surface area contributed by atoms with Gasteiger partial charge in [-0.05, 0) is 70.7 Å². The van der Waals surface area contributed by atoms with E-state index in [0.29, 0.717) is 30.5 Å². The van der Waals surface area contributed by atoms with Crippen LogP contribution in [0.2, 0.25) is 25.7 Å². The van der Waals surface area contributed by atoms with Gasteiger partial charge in [-0.2, -0.15) is 10.2 Å². The molecule has 1 atom stereocenters. The Morgan fingerprint density at radius 1 is 1.06 bits per heavy atom. The predicted molar refractivity (Wildman–Crippen MR) is 194 cm³/mol. The molecule has 6 aromatic rings. The average molecular weight is 667 g/mol. The van der Waals surface area contributed by atoms with E-state index in [1.165, 1.54) is 0 Å². The summed E-state index contributed by atoms with van der Waals surface area (Å²) < 4.78 is 13.6. The van der Waals surface area contributed by atoms with Crippen molar-refractivity contribution in [2.45, 2.75) is 65.3 Å². The van der Waals surface area contributed by atoms with Gasteiger partial charge in [-0.1, -0.05) is 37.8 Å². The first-order chi connectivity index (χ1) is 23.0. The van der Waals surface area contributed by atoms with Crippen molar-refractivity contribution in [1.82, 2.24) is 43.4 Å². The van der Waals surface area contributed by atoms with E-state index in [0.717, 1.165) is 59.0 Å². The average Bonchev–Trinajstić information content (AvgIpc) is 3.77. The van der Waals surface area contributed by atoms with E-state index in [1.807, 2.05) is 71.9 Å². The molecule has 0 spiro atoms. The van der Waals surface area contributed by atoms with Crippen molar-refractivity contribution in [3.63, 3.8) is 0 Å². The maximum atomic E-state index is 14.0. The predicted octanol–water partition coefficient (Wildman–Crippen LogP) is 5.84. The van der Waals surface area contributed by atoms with Gasteiger partial charge in [0.2, 0.25) is 0 Å². The van der Waals surface area contributed by atoms with Crippen LogP contribution in [0.5, 0.6) is 0 Å². The zero-order chi connectivity index (χ0) is 34.0. The molecule has 13 heteroatoms. The van der Waals surface area contributed by atoms with Crippen molar-refractivity contribution in [3.8, 4) is 16.8 Å². The van der Waals surface area contributed by atoms with Gasteiger partial charge in [0, 0.05) is 50.9 Å². The highest BCUT2D eigenvalue weighted by atomic mass is 28.3. The van der Waals surface area contributed by atoms with Crippen LogP contribution < -0.4 is 10.9 Å². The second kappa shape index (κ2) is 13.9. The summed E-state index contributed by atoms with van der Waals surface area (Å²) in [6, 6.07) is 12.2. The van der Waals surface area contributed by atoms with Crippen LogP contribution in [0.15, 0.2) is 72.3 Å². The van der Waals surface area contributed by atoms with Crippen molar-refractivity contribution in [1.29, 1.82) is 0 Å². The number of nitrogens with one attached hydrogen (secondary N) is 1. The summed E-state index contributed by atoms with van der Waals surface area (Å²) in [6.45, 7) is 13.9. The minimum Gasteiger partial charge on any atom is -0.361 e. The molecule has 12 nitrogen and oxygen atoms in total. The zero-order valence-corrected chi connectivity index (χ0v) is 30.0. The number of aryl methyl sites for hydroxylation is 2. The van der Waals surface area contributed by atoms with Crippen LogP contribution in [0.25, 0.3) is 33.4 Å². The SMILES string of the molecule is Cc1ccn2nc([C@H](C)Nc3ncnc4c3c(-c3cnn(CCCN(C)C)c3)cn4COCC[Si](C)(C)C)n(-c3ccccc3)c(=O)c12. The molecular formula is C35H46N10O2Si. The molecule has 5 aromatic heterocycles. The molecule has 0 bridgehead atoms. The molecule has 0 saturated carbocycles. The lowest BCUT2D eigenvalue weighted by molar-refractivity contribution is 0.0899. The van der Waals surface area contributed by atoms with Gasteiger partial charge < -0.3 is 19.5 Å². The van der Waals surface area contributed by atoms with Gasteiger partial charge in [0.05, 0.1) is 23.3 Å². The summed E-state index contributed by atoms with van der Waals surface area (Å²) >= 11 is 0. The fourth-order valence-electron chi connectivity index (χ4n) is 5.87. The number of anilines is 1. The molecular weight excluding hydrogens is 621 g/mol. The number of hydrogen-bond donors (Lipinski definition) is 1. The highest BCUT2D eigenvalue weighted by Crippen LogP contribution is 2.35. The molecule has 0 aliphatic heterocycles. The molecule has 0 saturated heterocycles. The van der Waals surface area contributed by atoms with E-state index in [9.17, 15) is 4.79 Å². The molecule has 6 rings (SSSR count). The van der Waals surface area contributed by atoms with Crippen LogP contribution in [-0.2, 0) is 18.0 Å². The van der Waals surface area contributed by atoms with Crippen molar-refractivity contribution in [3.05, 3.63) is 89.3 Å². The maximum Gasteiger partial charge on any atom is 0.282 e. The van der Waals surface area contributed by atoms with Gasteiger partial charge in [0.15, 0.2) is 5.82 Å². The minimum atomic E-state index is -1.24. The molecule has 0 aliphatic carbocycles. The van der Waals surface area contributed by atoms with Gasteiger partial charge in [0.1, 0.15) is 30.0 Å². The Morgan fingerprint density at radius 2 is 1.85 bits per heavy atom. The van der Waals surface area contributed by atoms with Gasteiger partial charge in [-0.3, -0.25) is 14.0 Å². The number of fused-ring (bicyclic) bond motifs is 2. The van der Waals surface area contributed by atoms with E-state index >= 15 is 0 Å². The van der Waals surface area contributed by atoms with E-state index in [1.54, 1.807) is 15.4 Å². The summed E-state index contributed by atoms with van der Waals surface area (Å²) in [4.78, 5) is 25.6. The monoisotopic (exact) mass is 666 g/mol. The summed E-state index contributed by atoms with van der Waals surface area (Å²) in [7, 11) is 2.92. The quantitative estimate of drug-likeness (QED) is 0.114. The standard InChI is InChI=1S/C35H46N10O2Si/c1-25-14-17-44-31(25)35(46)45(28-12-9-8-10-13-28)33(40-44)26(2)39-32-30-29(27-20-38-43(21-27)16-11-15-41(3)4)22-42(34(30)37-23-36-32)24-47-18-19-48(5,6)7/h8-10,12-14,17,20-23,26H,11,15-16,18-19,24H2,1-7H3,(H,36,37,39)/t26-/m0/s1. The van der Waals surface area contributed by atoms with Crippen LogP contribution in [0.3, 0.4) is 0 Å². The molecule has 48 heavy (non-hydrogen) atoms. The number of nitrogens with zero attached hydrogens (tertiary/aromatic N) is 9. The number of hydrogen-bond acceptors (Lipinski definition) is 8. The van der Waals surface area contributed by atoms with Gasteiger partial charge in [-0.15, -0.1) is 0 Å². The van der Waals surface area contributed by atoms with Gasteiger partial charge in [0.25, 0.3) is 5.56 Å². The third kappa shape index (κ3) is 7.13. The summed E-state index contributed by atoms with van der Waals surface area (Å²) in [5.41, 5.74) is 4.74. The number of ether oxygens (including phenoxy) is 1. The highest BCUT2D eigenvalue weighted by molar-refractivity contribution is 6.76. The number of rotatable bonds is 14.